The van der Waals surface area contributed by atoms with Crippen LogP contribution in [-0.2, 0) is 6.54 Å². The van der Waals surface area contributed by atoms with E-state index >= 15 is 4.39 Å². The van der Waals surface area contributed by atoms with Gasteiger partial charge in [0.15, 0.2) is 0 Å². The number of benzene rings is 3. The second-order valence-corrected chi connectivity index (χ2v) is 9.63. The first-order valence-corrected chi connectivity index (χ1v) is 12.6. The van der Waals surface area contributed by atoms with Crippen molar-refractivity contribution >= 4 is 17.1 Å². The van der Waals surface area contributed by atoms with Gasteiger partial charge in [0.05, 0.1) is 12.3 Å². The summed E-state index contributed by atoms with van der Waals surface area (Å²) in [5.74, 6) is 0.382. The molecule has 196 valence electrons. The highest BCUT2D eigenvalue weighted by Gasteiger charge is 2.24. The highest BCUT2D eigenvalue weighted by Crippen LogP contribution is 2.30. The molecule has 0 aromatic heterocycles. The van der Waals surface area contributed by atoms with Gasteiger partial charge in [0.2, 0.25) is 0 Å². The molecular weight excluding hydrogens is 487 g/mol. The minimum atomic E-state index is -2.67. The first-order chi connectivity index (χ1) is 18.4. The summed E-state index contributed by atoms with van der Waals surface area (Å²) in [7, 11) is 2.10. The molecule has 38 heavy (non-hydrogen) atoms. The van der Waals surface area contributed by atoms with E-state index in [0.29, 0.717) is 16.8 Å². The Morgan fingerprint density at radius 3 is 2.32 bits per heavy atom. The van der Waals surface area contributed by atoms with Gasteiger partial charge >= 0.3 is 0 Å². The zero-order valence-electron chi connectivity index (χ0n) is 21.3. The molecule has 2 heterocycles. The van der Waals surface area contributed by atoms with Crippen LogP contribution in [0.15, 0.2) is 95.4 Å². The summed E-state index contributed by atoms with van der Waals surface area (Å²) in [5, 5.41) is 7.39. The zero-order valence-corrected chi connectivity index (χ0v) is 21.3. The predicted octanol–water partition coefficient (Wildman–Crippen LogP) is 6.03. The Morgan fingerprint density at radius 2 is 1.63 bits per heavy atom. The van der Waals surface area contributed by atoms with Crippen molar-refractivity contribution in [3.8, 4) is 11.1 Å². The number of piperazine rings is 1. The molecule has 0 amide bonds. The fourth-order valence-corrected chi connectivity index (χ4v) is 4.72. The maximum Gasteiger partial charge on any atom is 0.278 e. The molecule has 5 nitrogen and oxygen atoms in total. The molecule has 3 aromatic carbocycles. The van der Waals surface area contributed by atoms with E-state index in [0.717, 1.165) is 48.8 Å². The summed E-state index contributed by atoms with van der Waals surface area (Å²) in [4.78, 5) is 6.55. The van der Waals surface area contributed by atoms with Gasteiger partial charge in [-0.15, -0.1) is 0 Å². The molecule has 0 atom stereocenters. The van der Waals surface area contributed by atoms with Crippen molar-refractivity contribution in [2.75, 3.05) is 38.1 Å². The highest BCUT2D eigenvalue weighted by atomic mass is 19.3. The Balaban J connectivity index is 1.43. The molecule has 8 heteroatoms. The number of hydrogen-bond donors (Lipinski definition) is 0. The van der Waals surface area contributed by atoms with Crippen LogP contribution in [0.1, 0.15) is 17.5 Å². The van der Waals surface area contributed by atoms with Crippen molar-refractivity contribution in [3.63, 3.8) is 0 Å². The Morgan fingerprint density at radius 1 is 0.895 bits per heavy atom. The first kappa shape index (κ1) is 25.7. The van der Waals surface area contributed by atoms with Crippen molar-refractivity contribution in [1.82, 2.24) is 9.80 Å². The molecule has 0 bridgehead atoms. The molecule has 1 saturated heterocycles. The van der Waals surface area contributed by atoms with Crippen LogP contribution in [0.25, 0.3) is 11.1 Å². The Bertz CT molecular complexity index is 1360. The molecule has 2 aliphatic heterocycles. The van der Waals surface area contributed by atoms with Crippen LogP contribution >= 0.6 is 0 Å². The van der Waals surface area contributed by atoms with Gasteiger partial charge in [-0.05, 0) is 36.4 Å². The molecule has 0 unspecified atom stereocenters. The number of nitrogens with zero attached hydrogens (tertiary/aromatic N) is 5. The summed E-state index contributed by atoms with van der Waals surface area (Å²) >= 11 is 0. The monoisotopic (exact) mass is 517 g/mol. The quantitative estimate of drug-likeness (QED) is 0.366. The van der Waals surface area contributed by atoms with E-state index in [1.54, 1.807) is 12.1 Å². The van der Waals surface area contributed by atoms with Gasteiger partial charge in [0.1, 0.15) is 17.3 Å². The van der Waals surface area contributed by atoms with Crippen LogP contribution < -0.4 is 4.90 Å². The maximum atomic E-state index is 15.4. The van der Waals surface area contributed by atoms with Gasteiger partial charge in [0, 0.05) is 49.4 Å². The Labute approximate surface area is 221 Å². The third-order valence-corrected chi connectivity index (χ3v) is 7.06. The average molecular weight is 518 g/mol. The largest absolute Gasteiger partial charge is 0.356 e. The van der Waals surface area contributed by atoms with E-state index in [2.05, 4.69) is 57.9 Å². The molecule has 2 aliphatic rings. The van der Waals surface area contributed by atoms with Crippen LogP contribution in [0.4, 0.5) is 18.9 Å². The zero-order chi connectivity index (χ0) is 26.6. The van der Waals surface area contributed by atoms with Crippen LogP contribution in [0.3, 0.4) is 0 Å². The third kappa shape index (κ3) is 5.65. The van der Waals surface area contributed by atoms with Crippen molar-refractivity contribution < 1.29 is 13.2 Å². The topological polar surface area (TPSA) is 34.4 Å². The molecule has 3 aromatic rings. The number of likely N-dealkylation sites (N-methyl/N-ethyl adjacent to an activating group) is 1. The van der Waals surface area contributed by atoms with E-state index in [1.165, 1.54) is 6.07 Å². The van der Waals surface area contributed by atoms with Gasteiger partial charge in [-0.2, -0.15) is 10.2 Å². The summed E-state index contributed by atoms with van der Waals surface area (Å²) in [6, 6.07) is 23.1. The van der Waals surface area contributed by atoms with Crippen LogP contribution in [-0.4, -0.2) is 60.9 Å². The van der Waals surface area contributed by atoms with Crippen molar-refractivity contribution in [3.05, 3.63) is 102 Å². The third-order valence-electron chi connectivity index (χ3n) is 7.06. The van der Waals surface area contributed by atoms with Gasteiger partial charge < -0.3 is 14.7 Å². The Hall–Kier alpha value is -3.91. The van der Waals surface area contributed by atoms with Crippen LogP contribution in [0.2, 0.25) is 0 Å². The van der Waals surface area contributed by atoms with Gasteiger partial charge in [0.25, 0.3) is 6.43 Å². The standard InChI is InChI=1S/C30H30F3N5/c1-21(37-15-13-36(2)14-16-37)38(26-10-6-9-23(17-26)22-7-4-3-5-8-22)20-25-12-11-24(18-27(25)31)28-19-29(30(32)33)35-34-28/h3-12,17-18,30H,1,13-16,19-20H2,2H3. The number of hydrogen-bond acceptors (Lipinski definition) is 5. The predicted molar refractivity (Wildman–Crippen MR) is 147 cm³/mol. The fraction of sp³-hybridized carbons (Fsp3) is 0.267. The number of alkyl halides is 2. The molecule has 1 fully saturated rings. The minimum absolute atomic E-state index is 0.0743. The van der Waals surface area contributed by atoms with E-state index < -0.39 is 12.2 Å². The summed E-state index contributed by atoms with van der Waals surface area (Å²) in [5.41, 5.74) is 4.05. The molecular formula is C30H30F3N5. The van der Waals surface area contributed by atoms with Gasteiger partial charge in [-0.3, -0.25) is 0 Å². The average Bonchev–Trinajstić information content (AvgIpc) is 3.44. The van der Waals surface area contributed by atoms with E-state index in [9.17, 15) is 8.78 Å². The highest BCUT2D eigenvalue weighted by molar-refractivity contribution is 6.15. The lowest BCUT2D eigenvalue weighted by molar-refractivity contribution is 0.183. The summed E-state index contributed by atoms with van der Waals surface area (Å²) < 4.78 is 41.4. The van der Waals surface area contributed by atoms with Gasteiger partial charge in [-0.25, -0.2) is 13.2 Å². The fourth-order valence-electron chi connectivity index (χ4n) is 4.72. The second kappa shape index (κ2) is 11.2. The van der Waals surface area contributed by atoms with Crippen LogP contribution in [0, 0.1) is 5.82 Å². The maximum absolute atomic E-state index is 15.4. The smallest absolute Gasteiger partial charge is 0.278 e. The van der Waals surface area contributed by atoms with E-state index in [-0.39, 0.29) is 18.7 Å². The minimum Gasteiger partial charge on any atom is -0.356 e. The Kier molecular flexibility index (Phi) is 7.60. The lowest BCUT2D eigenvalue weighted by atomic mass is 10.0. The SMILES string of the molecule is C=C(N1CCN(C)CC1)N(Cc1ccc(C2=NN=C(C(F)F)C2)cc1F)c1cccc(-c2ccccc2)c1. The van der Waals surface area contributed by atoms with Crippen molar-refractivity contribution in [2.45, 2.75) is 19.4 Å². The van der Waals surface area contributed by atoms with Gasteiger partial charge in [-0.1, -0.05) is 61.2 Å². The van der Waals surface area contributed by atoms with Crippen LogP contribution in [0.5, 0.6) is 0 Å². The summed E-state index contributed by atoms with van der Waals surface area (Å²) in [6.07, 6.45) is -2.74. The molecule has 0 aliphatic carbocycles. The lowest BCUT2D eigenvalue weighted by Gasteiger charge is -2.40. The second-order valence-electron chi connectivity index (χ2n) is 9.63. The van der Waals surface area contributed by atoms with Crippen molar-refractivity contribution in [1.29, 1.82) is 0 Å². The summed E-state index contributed by atoms with van der Waals surface area (Å²) in [6.45, 7) is 8.19. The van der Waals surface area contributed by atoms with E-state index in [1.807, 2.05) is 35.2 Å². The number of halogens is 3. The molecule has 0 saturated carbocycles. The molecule has 0 N–H and O–H groups in total. The number of rotatable bonds is 8. The molecule has 5 rings (SSSR count). The normalized spacial score (nSPS) is 16.0. The van der Waals surface area contributed by atoms with E-state index in [4.69, 9.17) is 0 Å². The first-order valence-electron chi connectivity index (χ1n) is 12.6. The lowest BCUT2D eigenvalue weighted by Crippen LogP contribution is -2.47. The number of anilines is 1. The molecule has 0 radical (unpaired) electrons. The molecule has 0 spiro atoms. The van der Waals surface area contributed by atoms with Crippen molar-refractivity contribution in [2.24, 2.45) is 10.2 Å².